The van der Waals surface area contributed by atoms with Gasteiger partial charge in [-0.05, 0) is 78.2 Å². The van der Waals surface area contributed by atoms with Gasteiger partial charge in [-0.1, -0.05) is 12.1 Å². The number of aryl methyl sites for hydroxylation is 2. The summed E-state index contributed by atoms with van der Waals surface area (Å²) in [6.07, 6.45) is 8.28. The number of aromatic nitrogens is 2. The highest BCUT2D eigenvalue weighted by Crippen LogP contribution is 2.17. The van der Waals surface area contributed by atoms with Gasteiger partial charge in [-0.25, -0.2) is 10.9 Å². The summed E-state index contributed by atoms with van der Waals surface area (Å²) in [5.74, 6) is -0.431. The summed E-state index contributed by atoms with van der Waals surface area (Å²) in [5, 5.41) is 13.7. The third-order valence-corrected chi connectivity index (χ3v) is 6.66. The molecule has 3 aromatic carbocycles. The summed E-state index contributed by atoms with van der Waals surface area (Å²) < 4.78 is 4.11. The standard InChI is InChI=1S/C31H31N7O2/c1-37-16-13-25-18-22(5-11-28(25)37)20-33-35-30(39)4-3-15-32-27-9-7-24(8-10-27)31(40)36-34-21-23-6-12-29-26(19-23)14-17-38(29)2/h5-14,16-21,32H,3-4,15H2,1-2H3,(H,35,39)(H,36,40)/b33-20+,34-21+. The number of hydrogen-bond acceptors (Lipinski definition) is 5. The van der Waals surface area contributed by atoms with E-state index >= 15 is 0 Å². The molecule has 3 N–H and O–H groups in total. The Balaban J connectivity index is 1.01. The molecule has 0 unspecified atom stereocenters. The van der Waals surface area contributed by atoms with Crippen LogP contribution < -0.4 is 16.2 Å². The zero-order chi connectivity index (χ0) is 27.9. The number of hydrogen-bond donors (Lipinski definition) is 3. The van der Waals surface area contributed by atoms with Crippen LogP contribution in [0.4, 0.5) is 5.69 Å². The fourth-order valence-corrected chi connectivity index (χ4v) is 4.45. The molecule has 0 aliphatic rings. The second kappa shape index (κ2) is 12.1. The van der Waals surface area contributed by atoms with Crippen LogP contribution in [-0.4, -0.2) is 39.9 Å². The van der Waals surface area contributed by atoms with Gasteiger partial charge in [0.1, 0.15) is 0 Å². The van der Waals surface area contributed by atoms with Gasteiger partial charge in [0.05, 0.1) is 12.4 Å². The van der Waals surface area contributed by atoms with Crippen LogP contribution in [0.15, 0.2) is 95.4 Å². The van der Waals surface area contributed by atoms with E-state index in [-0.39, 0.29) is 11.8 Å². The molecule has 2 heterocycles. The monoisotopic (exact) mass is 533 g/mol. The number of nitrogens with zero attached hydrogens (tertiary/aromatic N) is 4. The Morgan fingerprint density at radius 2 is 1.32 bits per heavy atom. The molecule has 0 bridgehead atoms. The van der Waals surface area contributed by atoms with Gasteiger partial charge in [-0.15, -0.1) is 0 Å². The van der Waals surface area contributed by atoms with Gasteiger partial charge < -0.3 is 14.5 Å². The van der Waals surface area contributed by atoms with E-state index in [1.54, 1.807) is 24.6 Å². The Morgan fingerprint density at radius 3 is 1.93 bits per heavy atom. The summed E-state index contributed by atoms with van der Waals surface area (Å²) in [5.41, 5.74) is 10.6. The summed E-state index contributed by atoms with van der Waals surface area (Å²) >= 11 is 0. The molecule has 40 heavy (non-hydrogen) atoms. The summed E-state index contributed by atoms with van der Waals surface area (Å²) in [7, 11) is 4.01. The van der Waals surface area contributed by atoms with Crippen molar-refractivity contribution >= 4 is 51.7 Å². The average Bonchev–Trinajstić information content (AvgIpc) is 3.52. The number of nitrogens with one attached hydrogen (secondary N) is 3. The molecular formula is C31H31N7O2. The summed E-state index contributed by atoms with van der Waals surface area (Å²) in [6.45, 7) is 0.614. The van der Waals surface area contributed by atoms with Crippen molar-refractivity contribution < 1.29 is 9.59 Å². The Bertz CT molecular complexity index is 1710. The minimum atomic E-state index is -0.287. The molecule has 2 aromatic heterocycles. The van der Waals surface area contributed by atoms with Crippen molar-refractivity contribution in [2.45, 2.75) is 12.8 Å². The lowest BCUT2D eigenvalue weighted by molar-refractivity contribution is -0.121. The van der Waals surface area contributed by atoms with Crippen molar-refractivity contribution in [3.8, 4) is 0 Å². The van der Waals surface area contributed by atoms with Gasteiger partial charge >= 0.3 is 0 Å². The van der Waals surface area contributed by atoms with Gasteiger partial charge in [0, 0.05) is 72.5 Å². The molecule has 0 saturated heterocycles. The van der Waals surface area contributed by atoms with Gasteiger partial charge in [-0.2, -0.15) is 10.2 Å². The molecular weight excluding hydrogens is 502 g/mol. The highest BCUT2D eigenvalue weighted by Gasteiger charge is 2.05. The Morgan fingerprint density at radius 1 is 0.750 bits per heavy atom. The number of carbonyl (C=O) groups excluding carboxylic acids is 2. The number of fused-ring (bicyclic) bond motifs is 2. The van der Waals surface area contributed by atoms with Crippen LogP contribution in [0.3, 0.4) is 0 Å². The molecule has 0 aliphatic heterocycles. The maximum absolute atomic E-state index is 12.4. The Kier molecular flexibility index (Phi) is 8.01. The third kappa shape index (κ3) is 6.44. The van der Waals surface area contributed by atoms with E-state index in [0.29, 0.717) is 24.9 Å². The van der Waals surface area contributed by atoms with Crippen molar-refractivity contribution in [2.24, 2.45) is 24.3 Å². The summed E-state index contributed by atoms with van der Waals surface area (Å²) in [6, 6.07) is 23.3. The van der Waals surface area contributed by atoms with Crippen LogP contribution in [-0.2, 0) is 18.9 Å². The smallest absolute Gasteiger partial charge is 0.271 e. The molecule has 0 atom stereocenters. The lowest BCUT2D eigenvalue weighted by Crippen LogP contribution is -2.18. The molecule has 0 aliphatic carbocycles. The maximum atomic E-state index is 12.4. The van der Waals surface area contributed by atoms with E-state index in [9.17, 15) is 9.59 Å². The van der Waals surface area contributed by atoms with Crippen LogP contribution in [0.25, 0.3) is 21.8 Å². The van der Waals surface area contributed by atoms with Crippen molar-refractivity contribution in [3.05, 3.63) is 102 Å². The SMILES string of the molecule is Cn1ccc2cc(/C=N/NC(=O)CCCNc3ccc(C(=O)N/N=C/c4ccc5c(ccn5C)c4)cc3)ccc21. The molecule has 5 rings (SSSR count). The number of benzene rings is 3. The Labute approximate surface area is 232 Å². The second-order valence-corrected chi connectivity index (χ2v) is 9.59. The first kappa shape index (κ1) is 26.4. The molecule has 5 aromatic rings. The summed E-state index contributed by atoms with van der Waals surface area (Å²) in [4.78, 5) is 24.5. The first-order chi connectivity index (χ1) is 19.5. The minimum absolute atomic E-state index is 0.143. The van der Waals surface area contributed by atoms with E-state index in [2.05, 4.69) is 35.5 Å². The normalized spacial score (nSPS) is 11.6. The van der Waals surface area contributed by atoms with Crippen molar-refractivity contribution in [1.29, 1.82) is 0 Å². The van der Waals surface area contributed by atoms with E-state index in [0.717, 1.165) is 38.6 Å². The van der Waals surface area contributed by atoms with Gasteiger partial charge in [0.15, 0.2) is 0 Å². The fourth-order valence-electron chi connectivity index (χ4n) is 4.45. The average molecular weight is 534 g/mol. The van der Waals surface area contributed by atoms with E-state index in [4.69, 9.17) is 0 Å². The predicted molar refractivity (Wildman–Crippen MR) is 161 cm³/mol. The lowest BCUT2D eigenvalue weighted by Gasteiger charge is -2.07. The highest BCUT2D eigenvalue weighted by molar-refractivity contribution is 5.96. The van der Waals surface area contributed by atoms with Crippen molar-refractivity contribution in [3.63, 3.8) is 0 Å². The minimum Gasteiger partial charge on any atom is -0.385 e. The predicted octanol–water partition coefficient (Wildman–Crippen LogP) is 4.78. The maximum Gasteiger partial charge on any atom is 0.271 e. The molecule has 0 radical (unpaired) electrons. The van der Waals surface area contributed by atoms with Crippen LogP contribution in [0, 0.1) is 0 Å². The fraction of sp³-hybridized carbons (Fsp3) is 0.161. The van der Waals surface area contributed by atoms with Crippen molar-refractivity contribution in [2.75, 3.05) is 11.9 Å². The first-order valence-electron chi connectivity index (χ1n) is 13.1. The number of anilines is 1. The zero-order valence-electron chi connectivity index (χ0n) is 22.5. The van der Waals surface area contributed by atoms with E-state index in [1.165, 1.54) is 0 Å². The molecule has 0 saturated carbocycles. The molecule has 9 heteroatoms. The number of carbonyl (C=O) groups is 2. The molecule has 9 nitrogen and oxygen atoms in total. The van der Waals surface area contributed by atoms with Gasteiger partial charge in [0.25, 0.3) is 5.91 Å². The van der Waals surface area contributed by atoms with Gasteiger partial charge in [-0.3, -0.25) is 9.59 Å². The topological polar surface area (TPSA) is 105 Å². The molecule has 0 fully saturated rings. The number of hydrazone groups is 2. The van der Waals surface area contributed by atoms with E-state index < -0.39 is 0 Å². The number of amides is 2. The zero-order valence-corrected chi connectivity index (χ0v) is 22.5. The molecule has 202 valence electrons. The largest absolute Gasteiger partial charge is 0.385 e. The van der Waals surface area contributed by atoms with Gasteiger partial charge in [0.2, 0.25) is 5.91 Å². The quantitative estimate of drug-likeness (QED) is 0.137. The highest BCUT2D eigenvalue weighted by atomic mass is 16.2. The van der Waals surface area contributed by atoms with Crippen LogP contribution in [0.1, 0.15) is 34.3 Å². The van der Waals surface area contributed by atoms with Crippen molar-refractivity contribution in [1.82, 2.24) is 20.0 Å². The first-order valence-corrected chi connectivity index (χ1v) is 13.1. The molecule has 0 spiro atoms. The second-order valence-electron chi connectivity index (χ2n) is 9.59. The lowest BCUT2D eigenvalue weighted by atomic mass is 10.2. The van der Waals surface area contributed by atoms with Crippen LogP contribution in [0.2, 0.25) is 0 Å². The molecule has 2 amide bonds. The van der Waals surface area contributed by atoms with Crippen LogP contribution in [0.5, 0.6) is 0 Å². The van der Waals surface area contributed by atoms with E-state index in [1.807, 2.05) is 87.2 Å². The Hall–Kier alpha value is -5.18. The third-order valence-electron chi connectivity index (χ3n) is 6.66. The van der Waals surface area contributed by atoms with Crippen LogP contribution >= 0.6 is 0 Å². The number of rotatable bonds is 10.